The van der Waals surface area contributed by atoms with Crippen molar-refractivity contribution >= 4 is 0 Å². The van der Waals surface area contributed by atoms with E-state index < -0.39 is 0 Å². The zero-order chi connectivity index (χ0) is 6.81. The molecule has 2 rings (SSSR count). The van der Waals surface area contributed by atoms with Crippen molar-refractivity contribution in [3.63, 3.8) is 0 Å². The predicted octanol–water partition coefficient (Wildman–Crippen LogP) is 1.50. The first-order valence-electron chi connectivity index (χ1n) is 3.08. The zero-order valence-corrected chi connectivity index (χ0v) is 5.33. The standard InChI is InChI=1S/C8H6O2/c1-2-4-8-7(3-1)9-5-6-10-8/h1-4H,5H2. The molecule has 1 aromatic rings. The second kappa shape index (κ2) is 2.21. The lowest BCUT2D eigenvalue weighted by Gasteiger charge is -2.15. The van der Waals surface area contributed by atoms with Crippen LogP contribution < -0.4 is 9.47 Å². The Balaban J connectivity index is 2.41. The lowest BCUT2D eigenvalue weighted by atomic mass is 10.3. The maximum absolute atomic E-state index is 5.19. The van der Waals surface area contributed by atoms with E-state index in [1.807, 2.05) is 24.3 Å². The summed E-state index contributed by atoms with van der Waals surface area (Å²) in [6, 6.07) is 7.53. The number of rotatable bonds is 0. The van der Waals surface area contributed by atoms with Crippen LogP contribution >= 0.6 is 0 Å². The minimum atomic E-state index is 0.414. The van der Waals surface area contributed by atoms with Crippen LogP contribution in [-0.2, 0) is 0 Å². The number of benzene rings is 1. The van der Waals surface area contributed by atoms with Crippen molar-refractivity contribution < 1.29 is 9.47 Å². The van der Waals surface area contributed by atoms with Crippen molar-refractivity contribution in [3.8, 4) is 11.5 Å². The van der Waals surface area contributed by atoms with Gasteiger partial charge in [0.2, 0.25) is 6.61 Å². The van der Waals surface area contributed by atoms with Crippen LogP contribution in [0.1, 0.15) is 0 Å². The first-order valence-corrected chi connectivity index (χ1v) is 3.08. The van der Waals surface area contributed by atoms with Crippen LogP contribution in [-0.4, -0.2) is 6.61 Å². The van der Waals surface area contributed by atoms with Gasteiger partial charge in [0.1, 0.15) is 6.61 Å². The molecule has 0 saturated heterocycles. The summed E-state index contributed by atoms with van der Waals surface area (Å²) in [4.78, 5) is 0. The number of hydrogen-bond donors (Lipinski definition) is 0. The Labute approximate surface area is 59.4 Å². The van der Waals surface area contributed by atoms with Crippen molar-refractivity contribution in [1.82, 2.24) is 0 Å². The largest absolute Gasteiger partial charge is 0.485 e. The number of ether oxygens (including phenoxy) is 2. The molecule has 0 unspecified atom stereocenters. The molecule has 0 N–H and O–H groups in total. The summed E-state index contributed by atoms with van der Waals surface area (Å²) < 4.78 is 10.2. The number of hydrogen-bond acceptors (Lipinski definition) is 2. The molecule has 0 bridgehead atoms. The molecule has 10 heavy (non-hydrogen) atoms. The lowest BCUT2D eigenvalue weighted by molar-refractivity contribution is 0.223. The highest BCUT2D eigenvalue weighted by molar-refractivity contribution is 5.40. The van der Waals surface area contributed by atoms with Gasteiger partial charge in [-0.25, -0.2) is 0 Å². The third kappa shape index (κ3) is 0.817. The average molecular weight is 134 g/mol. The zero-order valence-electron chi connectivity index (χ0n) is 5.33. The van der Waals surface area contributed by atoms with Gasteiger partial charge in [-0.2, -0.15) is 0 Å². The van der Waals surface area contributed by atoms with Gasteiger partial charge in [-0.1, -0.05) is 12.1 Å². The molecule has 1 aromatic carbocycles. The second-order valence-electron chi connectivity index (χ2n) is 1.98. The Morgan fingerprint density at radius 3 is 2.80 bits per heavy atom. The van der Waals surface area contributed by atoms with E-state index in [4.69, 9.17) is 9.47 Å². The van der Waals surface area contributed by atoms with Crippen molar-refractivity contribution in [2.24, 2.45) is 0 Å². The molecular formula is C8H6O2. The molecule has 0 aliphatic carbocycles. The highest BCUT2D eigenvalue weighted by atomic mass is 16.6. The van der Waals surface area contributed by atoms with E-state index in [2.05, 4.69) is 6.61 Å². The van der Waals surface area contributed by atoms with E-state index in [0.717, 1.165) is 11.5 Å². The molecule has 1 aliphatic rings. The van der Waals surface area contributed by atoms with Crippen molar-refractivity contribution in [2.45, 2.75) is 0 Å². The predicted molar refractivity (Wildman–Crippen MR) is 35.8 cm³/mol. The monoisotopic (exact) mass is 134 g/mol. The Morgan fingerprint density at radius 1 is 1.20 bits per heavy atom. The summed E-state index contributed by atoms with van der Waals surface area (Å²) in [5.74, 6) is 1.54. The summed E-state index contributed by atoms with van der Waals surface area (Å²) in [6.45, 7) is 3.03. The highest BCUT2D eigenvalue weighted by Crippen LogP contribution is 2.29. The minimum Gasteiger partial charge on any atom is -0.485 e. The first-order chi connectivity index (χ1) is 4.97. The van der Waals surface area contributed by atoms with Crippen LogP contribution in [0.3, 0.4) is 0 Å². The molecule has 0 fully saturated rings. The van der Waals surface area contributed by atoms with Crippen molar-refractivity contribution in [1.29, 1.82) is 0 Å². The molecule has 2 nitrogen and oxygen atoms in total. The van der Waals surface area contributed by atoms with E-state index >= 15 is 0 Å². The Bertz CT molecular complexity index is 207. The molecule has 0 spiro atoms. The fraction of sp³-hybridized carbons (Fsp3) is 0.125. The van der Waals surface area contributed by atoms with Gasteiger partial charge < -0.3 is 9.47 Å². The lowest BCUT2D eigenvalue weighted by Crippen LogP contribution is -2.09. The third-order valence-electron chi connectivity index (χ3n) is 1.32. The van der Waals surface area contributed by atoms with Gasteiger partial charge in [0.05, 0.1) is 0 Å². The topological polar surface area (TPSA) is 18.5 Å². The Kier molecular flexibility index (Phi) is 1.24. The summed E-state index contributed by atoms with van der Waals surface area (Å²) in [5.41, 5.74) is 0. The molecular weight excluding hydrogens is 128 g/mol. The smallest absolute Gasteiger partial charge is 0.237 e. The molecule has 50 valence electrons. The van der Waals surface area contributed by atoms with Crippen LogP contribution in [0.2, 0.25) is 0 Å². The van der Waals surface area contributed by atoms with Crippen LogP contribution in [0.5, 0.6) is 11.5 Å². The molecule has 2 radical (unpaired) electrons. The SMILES string of the molecule is [C]1COc2ccccc2O1. The number of para-hydroxylation sites is 2. The average Bonchev–Trinajstić information content (AvgIpc) is 2.05. The fourth-order valence-electron chi connectivity index (χ4n) is 0.868. The van der Waals surface area contributed by atoms with E-state index in [1.165, 1.54) is 0 Å². The highest BCUT2D eigenvalue weighted by Gasteiger charge is 2.09. The Hall–Kier alpha value is -1.18. The second-order valence-corrected chi connectivity index (χ2v) is 1.98. The van der Waals surface area contributed by atoms with Crippen molar-refractivity contribution in [3.05, 3.63) is 30.9 Å². The van der Waals surface area contributed by atoms with Gasteiger partial charge in [-0.05, 0) is 12.1 Å². The summed E-state index contributed by atoms with van der Waals surface area (Å²) in [5, 5.41) is 0. The van der Waals surface area contributed by atoms with Gasteiger partial charge in [-0.3, -0.25) is 0 Å². The van der Waals surface area contributed by atoms with Gasteiger partial charge in [0.15, 0.2) is 11.5 Å². The number of fused-ring (bicyclic) bond motifs is 1. The van der Waals surface area contributed by atoms with E-state index in [1.54, 1.807) is 0 Å². The quantitative estimate of drug-likeness (QED) is 0.535. The minimum absolute atomic E-state index is 0.414. The van der Waals surface area contributed by atoms with Crippen molar-refractivity contribution in [2.75, 3.05) is 6.61 Å². The first kappa shape index (κ1) is 5.59. The summed E-state index contributed by atoms with van der Waals surface area (Å²) in [7, 11) is 0. The maximum Gasteiger partial charge on any atom is 0.237 e. The van der Waals surface area contributed by atoms with Crippen LogP contribution in [0.15, 0.2) is 24.3 Å². The van der Waals surface area contributed by atoms with Gasteiger partial charge >= 0.3 is 0 Å². The summed E-state index contributed by atoms with van der Waals surface area (Å²) >= 11 is 0. The molecule has 0 aromatic heterocycles. The van der Waals surface area contributed by atoms with Gasteiger partial charge in [0, 0.05) is 0 Å². The molecule has 1 aliphatic heterocycles. The van der Waals surface area contributed by atoms with Crippen LogP contribution in [0.25, 0.3) is 0 Å². The molecule has 2 heteroatoms. The van der Waals surface area contributed by atoms with E-state index in [9.17, 15) is 0 Å². The van der Waals surface area contributed by atoms with Gasteiger partial charge in [0.25, 0.3) is 0 Å². The Morgan fingerprint density at radius 2 is 2.00 bits per heavy atom. The molecule has 0 atom stereocenters. The normalized spacial score (nSPS) is 14.8. The molecule has 0 amide bonds. The van der Waals surface area contributed by atoms with E-state index in [0.29, 0.717) is 6.61 Å². The van der Waals surface area contributed by atoms with E-state index in [-0.39, 0.29) is 0 Å². The summed E-state index contributed by atoms with van der Waals surface area (Å²) in [6.07, 6.45) is 0. The molecule has 1 heterocycles. The third-order valence-corrected chi connectivity index (χ3v) is 1.32. The fourth-order valence-corrected chi connectivity index (χ4v) is 0.868. The maximum atomic E-state index is 5.19. The van der Waals surface area contributed by atoms with Gasteiger partial charge in [-0.15, -0.1) is 0 Å². The molecule has 0 saturated carbocycles. The van der Waals surface area contributed by atoms with Crippen LogP contribution in [0.4, 0.5) is 0 Å². The van der Waals surface area contributed by atoms with Crippen LogP contribution in [0, 0.1) is 6.61 Å².